The van der Waals surface area contributed by atoms with Crippen LogP contribution in [0.15, 0.2) is 66.7 Å². The van der Waals surface area contributed by atoms with Crippen LogP contribution in [0.5, 0.6) is 11.5 Å². The first-order valence-corrected chi connectivity index (χ1v) is 13.8. The molecule has 2 amide bonds. The van der Waals surface area contributed by atoms with Crippen molar-refractivity contribution in [2.24, 2.45) is 0 Å². The van der Waals surface area contributed by atoms with E-state index >= 15 is 0 Å². The summed E-state index contributed by atoms with van der Waals surface area (Å²) in [7, 11) is 0. The van der Waals surface area contributed by atoms with Crippen LogP contribution in [0.3, 0.4) is 0 Å². The molecular formula is C30H29Cl2FN2O4. The van der Waals surface area contributed by atoms with Crippen LogP contribution in [0.25, 0.3) is 0 Å². The SMILES string of the molecule is O=C(c1ccc(Oc2ccccc2)cc1)N1CCC(OC2CCN(C(=O)c3cc(Cl)c(F)c(Cl)c3)CC2)CC1. The number of halogens is 3. The van der Waals surface area contributed by atoms with Crippen LogP contribution in [-0.2, 0) is 4.74 Å². The minimum atomic E-state index is -0.721. The van der Waals surface area contributed by atoms with Crippen molar-refractivity contribution in [2.45, 2.75) is 37.9 Å². The van der Waals surface area contributed by atoms with E-state index in [1.165, 1.54) is 12.1 Å². The highest BCUT2D eigenvalue weighted by molar-refractivity contribution is 6.35. The maximum absolute atomic E-state index is 13.7. The molecule has 0 unspecified atom stereocenters. The topological polar surface area (TPSA) is 59.1 Å². The summed E-state index contributed by atoms with van der Waals surface area (Å²) in [6.45, 7) is 2.35. The average Bonchev–Trinajstić information content (AvgIpc) is 2.97. The molecule has 0 atom stereocenters. The van der Waals surface area contributed by atoms with Crippen LogP contribution < -0.4 is 4.74 Å². The molecule has 0 spiro atoms. The van der Waals surface area contributed by atoms with Gasteiger partial charge in [-0.25, -0.2) is 4.39 Å². The zero-order valence-corrected chi connectivity index (χ0v) is 22.8. The van der Waals surface area contributed by atoms with Crippen molar-refractivity contribution in [1.82, 2.24) is 9.80 Å². The second kappa shape index (κ2) is 12.4. The molecule has 3 aromatic rings. The molecule has 3 aromatic carbocycles. The van der Waals surface area contributed by atoms with Crippen LogP contribution in [0.2, 0.25) is 10.0 Å². The second-order valence-corrected chi connectivity index (χ2v) is 10.6. The van der Waals surface area contributed by atoms with E-state index in [4.69, 9.17) is 32.7 Å². The van der Waals surface area contributed by atoms with Gasteiger partial charge in [-0.1, -0.05) is 41.4 Å². The lowest BCUT2D eigenvalue weighted by molar-refractivity contribution is -0.0593. The van der Waals surface area contributed by atoms with Crippen molar-refractivity contribution < 1.29 is 23.5 Å². The van der Waals surface area contributed by atoms with Gasteiger partial charge in [-0.3, -0.25) is 9.59 Å². The Morgan fingerprint density at radius 2 is 1.15 bits per heavy atom. The van der Waals surface area contributed by atoms with Crippen LogP contribution in [0, 0.1) is 5.82 Å². The molecule has 0 saturated carbocycles. The Kier molecular flexibility index (Phi) is 8.70. The summed E-state index contributed by atoms with van der Waals surface area (Å²) in [4.78, 5) is 29.4. The van der Waals surface area contributed by atoms with E-state index in [1.54, 1.807) is 17.0 Å². The molecule has 6 nitrogen and oxygen atoms in total. The van der Waals surface area contributed by atoms with E-state index in [9.17, 15) is 14.0 Å². The van der Waals surface area contributed by atoms with Crippen molar-refractivity contribution in [3.63, 3.8) is 0 Å². The van der Waals surface area contributed by atoms with E-state index in [1.807, 2.05) is 47.4 Å². The molecule has 2 saturated heterocycles. The van der Waals surface area contributed by atoms with Crippen LogP contribution in [-0.4, -0.2) is 60.0 Å². The summed E-state index contributed by atoms with van der Waals surface area (Å²) in [5.41, 5.74) is 0.914. The third-order valence-electron chi connectivity index (χ3n) is 7.15. The van der Waals surface area contributed by atoms with Gasteiger partial charge in [0.05, 0.1) is 22.3 Å². The molecule has 2 aliphatic rings. The number of hydrogen-bond donors (Lipinski definition) is 0. The molecule has 0 aliphatic carbocycles. The number of rotatable bonds is 6. The fourth-order valence-electron chi connectivity index (χ4n) is 5.00. The highest BCUT2D eigenvalue weighted by Crippen LogP contribution is 2.28. The summed E-state index contributed by atoms with van der Waals surface area (Å²) in [6.07, 6.45) is 3.10. The van der Waals surface area contributed by atoms with Crippen molar-refractivity contribution in [3.05, 3.63) is 93.7 Å². The average molecular weight is 571 g/mol. The minimum absolute atomic E-state index is 0.00697. The molecule has 0 bridgehead atoms. The number of likely N-dealkylation sites (tertiary alicyclic amines) is 2. The fourth-order valence-corrected chi connectivity index (χ4v) is 5.48. The fraction of sp³-hybridized carbons (Fsp3) is 0.333. The molecule has 0 N–H and O–H groups in total. The third-order valence-corrected chi connectivity index (χ3v) is 7.70. The van der Waals surface area contributed by atoms with Gasteiger partial charge < -0.3 is 19.3 Å². The van der Waals surface area contributed by atoms with Gasteiger partial charge in [-0.15, -0.1) is 0 Å². The van der Waals surface area contributed by atoms with E-state index in [2.05, 4.69) is 0 Å². The van der Waals surface area contributed by atoms with E-state index in [0.29, 0.717) is 50.3 Å². The van der Waals surface area contributed by atoms with Gasteiger partial charge in [0.1, 0.15) is 11.5 Å². The summed E-state index contributed by atoms with van der Waals surface area (Å²) in [5.74, 6) is 0.499. The Balaban J connectivity index is 1.06. The van der Waals surface area contributed by atoms with Gasteiger partial charge in [0, 0.05) is 37.3 Å². The van der Waals surface area contributed by atoms with Gasteiger partial charge >= 0.3 is 0 Å². The smallest absolute Gasteiger partial charge is 0.253 e. The Hall–Kier alpha value is -3.13. The van der Waals surface area contributed by atoms with Crippen LogP contribution >= 0.6 is 23.2 Å². The standard InChI is InChI=1S/C30H29Cl2FN2O4/c31-26-18-21(19-27(32)28(26)33)30(37)35-16-12-25(13-17-35)39-24-10-14-34(15-11-24)29(36)20-6-8-23(9-7-20)38-22-4-2-1-3-5-22/h1-9,18-19,24-25H,10-17H2. The first-order valence-electron chi connectivity index (χ1n) is 13.1. The maximum Gasteiger partial charge on any atom is 0.253 e. The summed E-state index contributed by atoms with van der Waals surface area (Å²) in [6, 6.07) is 19.4. The lowest BCUT2D eigenvalue weighted by atomic mass is 10.0. The molecule has 39 heavy (non-hydrogen) atoms. The maximum atomic E-state index is 13.7. The summed E-state index contributed by atoms with van der Waals surface area (Å²) >= 11 is 11.7. The van der Waals surface area contributed by atoms with Gasteiger partial charge in [-0.2, -0.15) is 0 Å². The number of benzene rings is 3. The number of nitrogens with zero attached hydrogens (tertiary/aromatic N) is 2. The first-order chi connectivity index (χ1) is 18.9. The van der Waals surface area contributed by atoms with Gasteiger partial charge in [-0.05, 0) is 74.2 Å². The quantitative estimate of drug-likeness (QED) is 0.304. The van der Waals surface area contributed by atoms with Crippen molar-refractivity contribution in [3.8, 4) is 11.5 Å². The monoisotopic (exact) mass is 570 g/mol. The van der Waals surface area contributed by atoms with E-state index in [0.717, 1.165) is 18.6 Å². The number of para-hydroxylation sites is 1. The molecular weight excluding hydrogens is 542 g/mol. The van der Waals surface area contributed by atoms with Crippen molar-refractivity contribution >= 4 is 35.0 Å². The lowest BCUT2D eigenvalue weighted by Gasteiger charge is -2.37. The van der Waals surface area contributed by atoms with Gasteiger partial charge in [0.25, 0.3) is 11.8 Å². The summed E-state index contributed by atoms with van der Waals surface area (Å²) in [5, 5.41) is -0.328. The zero-order chi connectivity index (χ0) is 27.4. The minimum Gasteiger partial charge on any atom is -0.457 e. The zero-order valence-electron chi connectivity index (χ0n) is 21.3. The summed E-state index contributed by atoms with van der Waals surface area (Å²) < 4.78 is 25.9. The number of ether oxygens (including phenoxy) is 2. The number of piperidine rings is 2. The normalized spacial score (nSPS) is 16.8. The van der Waals surface area contributed by atoms with Crippen LogP contribution in [0.1, 0.15) is 46.4 Å². The largest absolute Gasteiger partial charge is 0.457 e. The highest BCUT2D eigenvalue weighted by Gasteiger charge is 2.29. The second-order valence-electron chi connectivity index (χ2n) is 9.81. The number of amides is 2. The first kappa shape index (κ1) is 27.4. The van der Waals surface area contributed by atoms with Crippen LogP contribution in [0.4, 0.5) is 4.39 Å². The van der Waals surface area contributed by atoms with Crippen molar-refractivity contribution in [1.29, 1.82) is 0 Å². The Labute approximate surface area is 237 Å². The molecule has 2 heterocycles. The van der Waals surface area contributed by atoms with Gasteiger partial charge in [0.15, 0.2) is 5.82 Å². The number of carbonyl (C=O) groups excluding carboxylic acids is 2. The molecule has 2 fully saturated rings. The Bertz CT molecular complexity index is 1280. The van der Waals surface area contributed by atoms with Gasteiger partial charge in [0.2, 0.25) is 0 Å². The molecule has 0 aromatic heterocycles. The Morgan fingerprint density at radius 3 is 1.67 bits per heavy atom. The molecule has 2 aliphatic heterocycles. The van der Waals surface area contributed by atoms with E-state index in [-0.39, 0.29) is 39.6 Å². The molecule has 204 valence electrons. The third kappa shape index (κ3) is 6.72. The lowest BCUT2D eigenvalue weighted by Crippen LogP contribution is -2.44. The molecule has 0 radical (unpaired) electrons. The number of carbonyl (C=O) groups is 2. The number of hydrogen-bond acceptors (Lipinski definition) is 4. The van der Waals surface area contributed by atoms with Crippen molar-refractivity contribution in [2.75, 3.05) is 26.2 Å². The Morgan fingerprint density at radius 1 is 0.692 bits per heavy atom. The predicted octanol–water partition coefficient (Wildman–Crippen LogP) is 6.85. The van der Waals surface area contributed by atoms with E-state index < -0.39 is 5.82 Å². The predicted molar refractivity (Wildman–Crippen MR) is 148 cm³/mol. The highest BCUT2D eigenvalue weighted by atomic mass is 35.5. The molecule has 9 heteroatoms. The molecule has 5 rings (SSSR count).